The van der Waals surface area contributed by atoms with Gasteiger partial charge in [-0.25, -0.2) is 9.78 Å². The monoisotopic (exact) mass is 461 g/mol. The predicted octanol–water partition coefficient (Wildman–Crippen LogP) is 4.31. The number of para-hydroxylation sites is 1. The van der Waals surface area contributed by atoms with Gasteiger partial charge >= 0.3 is 5.97 Å². The van der Waals surface area contributed by atoms with Crippen molar-refractivity contribution in [2.75, 3.05) is 31.1 Å². The number of anilines is 1. The van der Waals surface area contributed by atoms with Crippen molar-refractivity contribution < 1.29 is 19.1 Å². The highest BCUT2D eigenvalue weighted by molar-refractivity contribution is 5.95. The lowest BCUT2D eigenvalue weighted by molar-refractivity contribution is -0.163. The van der Waals surface area contributed by atoms with E-state index in [-0.39, 0.29) is 12.0 Å². The van der Waals surface area contributed by atoms with Gasteiger partial charge in [-0.15, -0.1) is 0 Å². The second-order valence-corrected chi connectivity index (χ2v) is 9.23. The summed E-state index contributed by atoms with van der Waals surface area (Å²) in [4.78, 5) is 34.0. The standard InChI is InChI=1S/C27H31N3O4/c1-19(2)33-26(32)27(3,4)34-22-10-7-9-21(18-22)29-14-16-30(17-15-29)25(31)24-13-12-20-8-5-6-11-23(20)28-24/h5-13,18-19H,14-17H2,1-4H3. The fourth-order valence-corrected chi connectivity index (χ4v) is 3.95. The SMILES string of the molecule is CC(C)OC(=O)C(C)(C)Oc1cccc(N2CCN(C(=O)c3ccc4ccccc4n3)CC2)c1. The number of carbonyl (C=O) groups is 2. The molecule has 7 heteroatoms. The van der Waals surface area contributed by atoms with E-state index < -0.39 is 11.6 Å². The van der Waals surface area contributed by atoms with Crippen LogP contribution in [-0.4, -0.2) is 59.6 Å². The van der Waals surface area contributed by atoms with Crippen molar-refractivity contribution >= 4 is 28.5 Å². The lowest BCUT2D eigenvalue weighted by Crippen LogP contribution is -2.49. The Morgan fingerprint density at radius 1 is 0.941 bits per heavy atom. The number of benzene rings is 2. The van der Waals surface area contributed by atoms with Crippen molar-refractivity contribution in [2.24, 2.45) is 0 Å². The molecule has 0 saturated carbocycles. The van der Waals surface area contributed by atoms with Crippen molar-refractivity contribution in [1.82, 2.24) is 9.88 Å². The second-order valence-electron chi connectivity index (χ2n) is 9.23. The van der Waals surface area contributed by atoms with Crippen LogP contribution in [0.1, 0.15) is 38.2 Å². The number of ether oxygens (including phenoxy) is 2. The van der Waals surface area contributed by atoms with Gasteiger partial charge in [0, 0.05) is 43.3 Å². The Kier molecular flexibility index (Phi) is 6.72. The molecular weight excluding hydrogens is 430 g/mol. The largest absolute Gasteiger partial charge is 0.476 e. The molecule has 4 rings (SSSR count). The highest BCUT2D eigenvalue weighted by Gasteiger charge is 2.33. The van der Waals surface area contributed by atoms with Crippen LogP contribution in [0.15, 0.2) is 60.7 Å². The number of fused-ring (bicyclic) bond motifs is 1. The van der Waals surface area contributed by atoms with Crippen molar-refractivity contribution in [1.29, 1.82) is 0 Å². The molecule has 1 aliphatic heterocycles. The second kappa shape index (κ2) is 9.71. The number of piperazine rings is 1. The van der Waals surface area contributed by atoms with Crippen LogP contribution < -0.4 is 9.64 Å². The number of pyridine rings is 1. The summed E-state index contributed by atoms with van der Waals surface area (Å²) in [5, 5.41) is 1.02. The van der Waals surface area contributed by atoms with Crippen LogP contribution in [0.25, 0.3) is 10.9 Å². The van der Waals surface area contributed by atoms with Crippen molar-refractivity contribution in [3.8, 4) is 5.75 Å². The fraction of sp³-hybridized carbons (Fsp3) is 0.370. The van der Waals surface area contributed by atoms with Gasteiger partial charge < -0.3 is 19.3 Å². The Hall–Kier alpha value is -3.61. The molecule has 34 heavy (non-hydrogen) atoms. The summed E-state index contributed by atoms with van der Waals surface area (Å²) < 4.78 is 11.3. The first-order chi connectivity index (χ1) is 16.2. The van der Waals surface area contributed by atoms with E-state index in [1.165, 1.54) is 0 Å². The lowest BCUT2D eigenvalue weighted by atomic mass is 10.1. The third-order valence-electron chi connectivity index (χ3n) is 5.77. The number of nitrogens with zero attached hydrogens (tertiary/aromatic N) is 3. The molecule has 1 fully saturated rings. The van der Waals surface area contributed by atoms with Crippen molar-refractivity contribution in [3.05, 3.63) is 66.4 Å². The van der Waals surface area contributed by atoms with Crippen LogP contribution in [0.2, 0.25) is 0 Å². The number of amides is 1. The zero-order valence-electron chi connectivity index (χ0n) is 20.2. The molecular formula is C27H31N3O4. The molecule has 0 atom stereocenters. The summed E-state index contributed by atoms with van der Waals surface area (Å²) in [7, 11) is 0. The molecule has 7 nitrogen and oxygen atoms in total. The predicted molar refractivity (Wildman–Crippen MR) is 132 cm³/mol. The van der Waals surface area contributed by atoms with Crippen LogP contribution in [0.5, 0.6) is 5.75 Å². The molecule has 1 saturated heterocycles. The van der Waals surface area contributed by atoms with Gasteiger partial charge in [0.1, 0.15) is 11.4 Å². The normalized spacial score (nSPS) is 14.4. The van der Waals surface area contributed by atoms with E-state index in [4.69, 9.17) is 9.47 Å². The number of carbonyl (C=O) groups excluding carboxylic acids is 2. The summed E-state index contributed by atoms with van der Waals surface area (Å²) in [6.07, 6.45) is -0.203. The van der Waals surface area contributed by atoms with Gasteiger partial charge in [0.2, 0.25) is 0 Å². The Morgan fingerprint density at radius 3 is 2.41 bits per heavy atom. The molecule has 2 aromatic carbocycles. The topological polar surface area (TPSA) is 72.0 Å². The smallest absolute Gasteiger partial charge is 0.350 e. The number of esters is 1. The fourth-order valence-electron chi connectivity index (χ4n) is 3.95. The van der Waals surface area contributed by atoms with E-state index in [0.29, 0.717) is 37.6 Å². The summed E-state index contributed by atoms with van der Waals surface area (Å²) >= 11 is 0. The first-order valence-corrected chi connectivity index (χ1v) is 11.6. The third kappa shape index (κ3) is 5.30. The van der Waals surface area contributed by atoms with Gasteiger partial charge in [-0.3, -0.25) is 4.79 Å². The minimum absolute atomic E-state index is 0.0482. The van der Waals surface area contributed by atoms with Gasteiger partial charge in [0.15, 0.2) is 5.60 Å². The molecule has 3 aromatic rings. The van der Waals surface area contributed by atoms with Gasteiger partial charge in [0.05, 0.1) is 11.6 Å². The minimum Gasteiger partial charge on any atom is -0.476 e. The average molecular weight is 462 g/mol. The summed E-state index contributed by atoms with van der Waals surface area (Å²) in [6, 6.07) is 19.2. The van der Waals surface area contributed by atoms with E-state index in [1.54, 1.807) is 19.9 Å². The molecule has 178 valence electrons. The van der Waals surface area contributed by atoms with Crippen LogP contribution in [0, 0.1) is 0 Å². The Labute approximate surface area is 200 Å². The van der Waals surface area contributed by atoms with Gasteiger partial charge in [-0.1, -0.05) is 30.3 Å². The van der Waals surface area contributed by atoms with Gasteiger partial charge in [-0.05, 0) is 52.0 Å². The average Bonchev–Trinajstić information content (AvgIpc) is 2.83. The molecule has 1 aromatic heterocycles. The quantitative estimate of drug-likeness (QED) is 0.510. The number of hydrogen-bond donors (Lipinski definition) is 0. The number of rotatable bonds is 6. The zero-order chi connectivity index (χ0) is 24.3. The summed E-state index contributed by atoms with van der Waals surface area (Å²) in [6.45, 7) is 9.63. The van der Waals surface area contributed by atoms with Crippen LogP contribution in [0.3, 0.4) is 0 Å². The van der Waals surface area contributed by atoms with Crippen molar-refractivity contribution in [2.45, 2.75) is 39.4 Å². The lowest BCUT2D eigenvalue weighted by Gasteiger charge is -2.36. The van der Waals surface area contributed by atoms with E-state index in [2.05, 4.69) is 9.88 Å². The van der Waals surface area contributed by atoms with Crippen molar-refractivity contribution in [3.63, 3.8) is 0 Å². The number of hydrogen-bond acceptors (Lipinski definition) is 6. The van der Waals surface area contributed by atoms with Crippen LogP contribution in [-0.2, 0) is 9.53 Å². The highest BCUT2D eigenvalue weighted by atomic mass is 16.6. The third-order valence-corrected chi connectivity index (χ3v) is 5.77. The van der Waals surface area contributed by atoms with Crippen LogP contribution >= 0.6 is 0 Å². The summed E-state index contributed by atoms with van der Waals surface area (Å²) in [5.41, 5.74) is 1.18. The molecule has 0 bridgehead atoms. The van der Waals surface area contributed by atoms with Gasteiger partial charge in [-0.2, -0.15) is 0 Å². The molecule has 0 spiro atoms. The zero-order valence-corrected chi connectivity index (χ0v) is 20.2. The maximum Gasteiger partial charge on any atom is 0.350 e. The number of aromatic nitrogens is 1. The van der Waals surface area contributed by atoms with E-state index in [1.807, 2.05) is 73.3 Å². The van der Waals surface area contributed by atoms with Gasteiger partial charge in [0.25, 0.3) is 5.91 Å². The Balaban J connectivity index is 1.39. The molecule has 0 N–H and O–H groups in total. The van der Waals surface area contributed by atoms with E-state index >= 15 is 0 Å². The molecule has 1 aliphatic rings. The van der Waals surface area contributed by atoms with E-state index in [9.17, 15) is 9.59 Å². The van der Waals surface area contributed by atoms with Crippen LogP contribution in [0.4, 0.5) is 5.69 Å². The molecule has 0 unspecified atom stereocenters. The first-order valence-electron chi connectivity index (χ1n) is 11.6. The molecule has 2 heterocycles. The van der Waals surface area contributed by atoms with E-state index in [0.717, 1.165) is 16.6 Å². The first kappa shape index (κ1) is 23.5. The maximum atomic E-state index is 13.0. The molecule has 1 amide bonds. The Bertz CT molecular complexity index is 1180. The molecule has 0 radical (unpaired) electrons. The minimum atomic E-state index is -1.10. The maximum absolute atomic E-state index is 13.0. The highest BCUT2D eigenvalue weighted by Crippen LogP contribution is 2.26. The summed E-state index contributed by atoms with van der Waals surface area (Å²) in [5.74, 6) is 0.150. The molecule has 0 aliphatic carbocycles. The Morgan fingerprint density at radius 2 is 1.68 bits per heavy atom.